The Morgan fingerprint density at radius 2 is 2.00 bits per heavy atom. The van der Waals surface area contributed by atoms with Gasteiger partial charge in [0.2, 0.25) is 5.75 Å². The van der Waals surface area contributed by atoms with E-state index in [-0.39, 0.29) is 17.0 Å². The van der Waals surface area contributed by atoms with Gasteiger partial charge in [0.15, 0.2) is 0 Å². The third kappa shape index (κ3) is 1.76. The first kappa shape index (κ1) is 10.3. The van der Waals surface area contributed by atoms with E-state index in [1.54, 1.807) is 0 Å². The van der Waals surface area contributed by atoms with Crippen LogP contribution in [0.15, 0.2) is 12.1 Å². The van der Waals surface area contributed by atoms with Gasteiger partial charge in [-0.3, -0.25) is 10.1 Å². The minimum atomic E-state index is -0.527. The molecule has 0 saturated carbocycles. The molecule has 0 aliphatic carbocycles. The Morgan fingerprint density at radius 1 is 1.36 bits per heavy atom. The Balaban J connectivity index is 3.34. The first-order chi connectivity index (χ1) is 6.60. The highest BCUT2D eigenvalue weighted by Crippen LogP contribution is 2.34. The van der Waals surface area contributed by atoms with Crippen LogP contribution in [0.5, 0.6) is 11.5 Å². The fourth-order valence-corrected chi connectivity index (χ4v) is 1.12. The first-order valence-electron chi connectivity index (χ1n) is 3.82. The second kappa shape index (κ2) is 3.95. The van der Waals surface area contributed by atoms with E-state index in [0.29, 0.717) is 5.75 Å². The van der Waals surface area contributed by atoms with Crippen LogP contribution in [-0.4, -0.2) is 19.1 Å². The summed E-state index contributed by atoms with van der Waals surface area (Å²) < 4.78 is 9.80. The molecule has 0 spiro atoms. The molecule has 75 valence electrons. The molecule has 1 aromatic rings. The summed E-state index contributed by atoms with van der Waals surface area (Å²) in [5.74, 6) is 0.636. The SMILES string of the molecule is [CH2]c1cc(OC)cc(OC)c1[N+](=O)[O-]. The Morgan fingerprint density at radius 3 is 2.43 bits per heavy atom. The molecule has 5 nitrogen and oxygen atoms in total. The van der Waals surface area contributed by atoms with Gasteiger partial charge < -0.3 is 9.47 Å². The highest BCUT2D eigenvalue weighted by molar-refractivity contribution is 5.57. The van der Waals surface area contributed by atoms with E-state index in [1.807, 2.05) is 0 Å². The lowest BCUT2D eigenvalue weighted by atomic mass is 10.2. The Kier molecular flexibility index (Phi) is 2.91. The first-order valence-corrected chi connectivity index (χ1v) is 3.82. The maximum Gasteiger partial charge on any atom is 0.314 e. The molecule has 14 heavy (non-hydrogen) atoms. The molecule has 0 unspecified atom stereocenters. The van der Waals surface area contributed by atoms with Crippen LogP contribution in [0.2, 0.25) is 0 Å². The Labute approximate surface area is 81.4 Å². The number of nitro groups is 1. The third-order valence-corrected chi connectivity index (χ3v) is 1.77. The van der Waals surface area contributed by atoms with Crippen molar-refractivity contribution in [2.24, 2.45) is 0 Å². The quantitative estimate of drug-likeness (QED) is 0.546. The smallest absolute Gasteiger partial charge is 0.314 e. The minimum absolute atomic E-state index is 0.131. The van der Waals surface area contributed by atoms with Gasteiger partial charge in [-0.2, -0.15) is 0 Å². The van der Waals surface area contributed by atoms with Gasteiger partial charge in [-0.25, -0.2) is 0 Å². The number of hydrogen-bond donors (Lipinski definition) is 0. The van der Waals surface area contributed by atoms with Gasteiger partial charge >= 0.3 is 5.69 Å². The highest BCUT2D eigenvalue weighted by Gasteiger charge is 2.19. The predicted molar refractivity (Wildman–Crippen MR) is 50.7 cm³/mol. The summed E-state index contributed by atoms with van der Waals surface area (Å²) in [5, 5.41) is 10.6. The summed E-state index contributed by atoms with van der Waals surface area (Å²) in [7, 11) is 2.83. The van der Waals surface area contributed by atoms with Crippen molar-refractivity contribution in [1.29, 1.82) is 0 Å². The maximum atomic E-state index is 10.6. The van der Waals surface area contributed by atoms with Crippen molar-refractivity contribution in [3.05, 3.63) is 34.7 Å². The zero-order valence-corrected chi connectivity index (χ0v) is 7.94. The van der Waals surface area contributed by atoms with Crippen LogP contribution in [0.25, 0.3) is 0 Å². The van der Waals surface area contributed by atoms with Crippen LogP contribution in [0.3, 0.4) is 0 Å². The average Bonchev–Trinajstić information content (AvgIpc) is 2.15. The molecule has 1 aromatic carbocycles. The normalized spacial score (nSPS) is 9.64. The molecule has 0 amide bonds. The number of nitro benzene ring substituents is 1. The van der Waals surface area contributed by atoms with Gasteiger partial charge in [0.1, 0.15) is 5.75 Å². The van der Waals surface area contributed by atoms with Crippen LogP contribution in [0.1, 0.15) is 5.56 Å². The lowest BCUT2D eigenvalue weighted by molar-refractivity contribution is -0.386. The predicted octanol–water partition coefficient (Wildman–Crippen LogP) is 1.79. The summed E-state index contributed by atoms with van der Waals surface area (Å²) in [5.41, 5.74) is 0.138. The summed E-state index contributed by atoms with van der Waals surface area (Å²) in [6, 6.07) is 2.94. The van der Waals surface area contributed by atoms with E-state index in [9.17, 15) is 10.1 Å². The minimum Gasteiger partial charge on any atom is -0.497 e. The zero-order valence-electron chi connectivity index (χ0n) is 7.94. The summed E-state index contributed by atoms with van der Waals surface area (Å²) in [4.78, 5) is 10.1. The molecule has 5 heteroatoms. The van der Waals surface area contributed by atoms with Crippen molar-refractivity contribution >= 4 is 5.69 Å². The van der Waals surface area contributed by atoms with Crippen LogP contribution in [0, 0.1) is 17.0 Å². The topological polar surface area (TPSA) is 61.6 Å². The van der Waals surface area contributed by atoms with E-state index >= 15 is 0 Å². The van der Waals surface area contributed by atoms with Gasteiger partial charge in [-0.05, 0) is 13.0 Å². The molecule has 0 saturated heterocycles. The lowest BCUT2D eigenvalue weighted by Crippen LogP contribution is -1.97. The van der Waals surface area contributed by atoms with Gasteiger partial charge in [0.25, 0.3) is 0 Å². The van der Waals surface area contributed by atoms with Crippen LogP contribution >= 0.6 is 0 Å². The maximum absolute atomic E-state index is 10.6. The standard InChI is InChI=1S/C9H10NO4/c1-6-4-7(13-2)5-8(14-3)9(6)10(11)12/h4-5H,1H2,2-3H3. The Bertz CT molecular complexity index is 362. The fraction of sp³-hybridized carbons (Fsp3) is 0.222. The molecule has 0 aliphatic heterocycles. The fourth-order valence-electron chi connectivity index (χ4n) is 1.12. The highest BCUT2D eigenvalue weighted by atomic mass is 16.6. The van der Waals surface area contributed by atoms with Crippen molar-refractivity contribution in [1.82, 2.24) is 0 Å². The monoisotopic (exact) mass is 196 g/mol. The number of methoxy groups -OCH3 is 2. The van der Waals surface area contributed by atoms with Gasteiger partial charge in [-0.15, -0.1) is 0 Å². The molecule has 0 atom stereocenters. The van der Waals surface area contributed by atoms with Gasteiger partial charge in [0.05, 0.1) is 19.1 Å². The number of rotatable bonds is 3. The van der Waals surface area contributed by atoms with E-state index in [1.165, 1.54) is 26.4 Å². The number of benzene rings is 1. The van der Waals surface area contributed by atoms with Crippen molar-refractivity contribution in [2.75, 3.05) is 14.2 Å². The van der Waals surface area contributed by atoms with Crippen molar-refractivity contribution in [2.45, 2.75) is 0 Å². The molecule has 0 fully saturated rings. The molecular weight excluding hydrogens is 186 g/mol. The molecule has 0 bridgehead atoms. The largest absolute Gasteiger partial charge is 0.497 e. The van der Waals surface area contributed by atoms with Crippen molar-refractivity contribution in [3.8, 4) is 11.5 Å². The number of hydrogen-bond acceptors (Lipinski definition) is 4. The molecule has 0 N–H and O–H groups in total. The van der Waals surface area contributed by atoms with Crippen LogP contribution < -0.4 is 9.47 Å². The summed E-state index contributed by atoms with van der Waals surface area (Å²) >= 11 is 0. The van der Waals surface area contributed by atoms with E-state index in [0.717, 1.165) is 0 Å². The molecule has 1 rings (SSSR count). The summed E-state index contributed by atoms with van der Waals surface area (Å²) in [6.45, 7) is 3.56. The van der Waals surface area contributed by atoms with Crippen LogP contribution in [-0.2, 0) is 0 Å². The van der Waals surface area contributed by atoms with Gasteiger partial charge in [0, 0.05) is 11.6 Å². The number of nitrogens with zero attached hydrogens (tertiary/aromatic N) is 1. The molecule has 0 heterocycles. The van der Waals surface area contributed by atoms with E-state index in [2.05, 4.69) is 6.92 Å². The molecular formula is C9H10NO4. The van der Waals surface area contributed by atoms with Crippen molar-refractivity contribution in [3.63, 3.8) is 0 Å². The van der Waals surface area contributed by atoms with Gasteiger partial charge in [-0.1, -0.05) is 0 Å². The Hall–Kier alpha value is -1.78. The second-order valence-corrected chi connectivity index (χ2v) is 2.59. The lowest BCUT2D eigenvalue weighted by Gasteiger charge is -2.06. The second-order valence-electron chi connectivity index (χ2n) is 2.59. The van der Waals surface area contributed by atoms with E-state index in [4.69, 9.17) is 9.47 Å². The van der Waals surface area contributed by atoms with E-state index < -0.39 is 4.92 Å². The van der Waals surface area contributed by atoms with Crippen molar-refractivity contribution < 1.29 is 14.4 Å². The number of ether oxygens (including phenoxy) is 2. The molecule has 1 radical (unpaired) electrons. The summed E-state index contributed by atoms with van der Waals surface area (Å²) in [6.07, 6.45) is 0. The average molecular weight is 196 g/mol. The van der Waals surface area contributed by atoms with Crippen LogP contribution in [0.4, 0.5) is 5.69 Å². The molecule has 0 aromatic heterocycles. The molecule has 0 aliphatic rings. The zero-order chi connectivity index (χ0) is 10.7. The third-order valence-electron chi connectivity index (χ3n) is 1.77.